The predicted molar refractivity (Wildman–Crippen MR) is 76.5 cm³/mol. The fourth-order valence-electron chi connectivity index (χ4n) is 2.75. The standard InChI is InChI=1S/C14H22N2O2S/c1-11-10-19-13(16-11)14(7-3-4-8-14)15-9-5-2-6-12(17)18/h10,15H,2-9H2,1H3,(H,17,18). The van der Waals surface area contributed by atoms with Crippen LogP contribution in [-0.2, 0) is 10.3 Å². The van der Waals surface area contributed by atoms with Gasteiger partial charge in [-0.25, -0.2) is 4.98 Å². The van der Waals surface area contributed by atoms with E-state index in [1.54, 1.807) is 11.3 Å². The summed E-state index contributed by atoms with van der Waals surface area (Å²) in [6.07, 6.45) is 6.73. The zero-order valence-corrected chi connectivity index (χ0v) is 12.3. The zero-order chi connectivity index (χ0) is 13.7. The maximum atomic E-state index is 10.5. The Bertz CT molecular complexity index is 425. The van der Waals surface area contributed by atoms with Crippen LogP contribution in [0.4, 0.5) is 0 Å². The Hall–Kier alpha value is -0.940. The third-order valence-electron chi connectivity index (χ3n) is 3.77. The van der Waals surface area contributed by atoms with Gasteiger partial charge in [0.1, 0.15) is 5.01 Å². The summed E-state index contributed by atoms with van der Waals surface area (Å²) in [5.41, 5.74) is 1.15. The molecule has 0 aromatic carbocycles. The fourth-order valence-corrected chi connectivity index (χ4v) is 3.78. The van der Waals surface area contributed by atoms with Gasteiger partial charge in [-0.05, 0) is 39.2 Å². The van der Waals surface area contributed by atoms with E-state index in [1.807, 2.05) is 6.92 Å². The van der Waals surface area contributed by atoms with E-state index in [0.717, 1.165) is 37.9 Å². The highest BCUT2D eigenvalue weighted by molar-refractivity contribution is 7.09. The average molecular weight is 282 g/mol. The van der Waals surface area contributed by atoms with Crippen LogP contribution in [0.1, 0.15) is 55.6 Å². The minimum absolute atomic E-state index is 0.0577. The van der Waals surface area contributed by atoms with E-state index in [2.05, 4.69) is 15.7 Å². The smallest absolute Gasteiger partial charge is 0.303 e. The SMILES string of the molecule is Cc1csc(C2(NCCCCC(=O)O)CCCC2)n1. The van der Waals surface area contributed by atoms with Crippen molar-refractivity contribution in [3.63, 3.8) is 0 Å². The highest BCUT2D eigenvalue weighted by Crippen LogP contribution is 2.40. The van der Waals surface area contributed by atoms with Crippen LogP contribution >= 0.6 is 11.3 Å². The van der Waals surface area contributed by atoms with Gasteiger partial charge in [0.25, 0.3) is 0 Å². The van der Waals surface area contributed by atoms with Crippen LogP contribution in [0, 0.1) is 6.92 Å². The third kappa shape index (κ3) is 3.76. The van der Waals surface area contributed by atoms with Crippen molar-refractivity contribution >= 4 is 17.3 Å². The number of aromatic nitrogens is 1. The van der Waals surface area contributed by atoms with E-state index in [9.17, 15) is 4.79 Å². The number of hydrogen-bond donors (Lipinski definition) is 2. The Balaban J connectivity index is 1.88. The van der Waals surface area contributed by atoms with Gasteiger partial charge in [0.05, 0.1) is 5.54 Å². The van der Waals surface area contributed by atoms with Gasteiger partial charge in [0, 0.05) is 17.5 Å². The van der Waals surface area contributed by atoms with E-state index < -0.39 is 5.97 Å². The minimum atomic E-state index is -0.703. The van der Waals surface area contributed by atoms with Crippen molar-refractivity contribution in [1.29, 1.82) is 0 Å². The number of nitrogens with zero attached hydrogens (tertiary/aromatic N) is 1. The Kier molecular flexibility index (Phi) is 4.93. The van der Waals surface area contributed by atoms with Crippen molar-refractivity contribution in [3.8, 4) is 0 Å². The van der Waals surface area contributed by atoms with Crippen molar-refractivity contribution in [3.05, 3.63) is 16.1 Å². The van der Waals surface area contributed by atoms with E-state index in [-0.39, 0.29) is 12.0 Å². The molecule has 0 saturated heterocycles. The molecule has 5 heteroatoms. The molecule has 106 valence electrons. The summed E-state index contributed by atoms with van der Waals surface area (Å²) in [6, 6.07) is 0. The van der Waals surface area contributed by atoms with E-state index in [1.165, 1.54) is 17.8 Å². The third-order valence-corrected chi connectivity index (χ3v) is 4.93. The Morgan fingerprint density at radius 1 is 1.47 bits per heavy atom. The largest absolute Gasteiger partial charge is 0.481 e. The summed E-state index contributed by atoms with van der Waals surface area (Å²) in [6.45, 7) is 2.92. The van der Waals surface area contributed by atoms with Crippen LogP contribution in [0.5, 0.6) is 0 Å². The maximum absolute atomic E-state index is 10.5. The molecule has 1 fully saturated rings. The number of hydrogen-bond acceptors (Lipinski definition) is 4. The summed E-state index contributed by atoms with van der Waals surface area (Å²) in [5.74, 6) is -0.703. The summed E-state index contributed by atoms with van der Waals surface area (Å²) in [5, 5.41) is 15.6. The fraction of sp³-hybridized carbons (Fsp3) is 0.714. The number of aliphatic carboxylic acids is 1. The number of carbonyl (C=O) groups is 1. The van der Waals surface area contributed by atoms with Crippen molar-refractivity contribution in [2.75, 3.05) is 6.54 Å². The lowest BCUT2D eigenvalue weighted by Gasteiger charge is -2.28. The number of nitrogens with one attached hydrogen (secondary N) is 1. The second kappa shape index (κ2) is 6.48. The molecular weight excluding hydrogens is 260 g/mol. The molecule has 0 radical (unpaired) electrons. The van der Waals surface area contributed by atoms with Gasteiger partial charge in [-0.3, -0.25) is 4.79 Å². The lowest BCUT2D eigenvalue weighted by atomic mass is 9.98. The van der Waals surface area contributed by atoms with Gasteiger partial charge >= 0.3 is 5.97 Å². The topological polar surface area (TPSA) is 62.2 Å². The lowest BCUT2D eigenvalue weighted by molar-refractivity contribution is -0.137. The van der Waals surface area contributed by atoms with Crippen LogP contribution in [0.3, 0.4) is 0 Å². The van der Waals surface area contributed by atoms with Gasteiger partial charge in [-0.1, -0.05) is 12.8 Å². The molecule has 1 aromatic heterocycles. The molecule has 1 aliphatic rings. The molecule has 2 rings (SSSR count). The number of rotatable bonds is 7. The molecule has 1 saturated carbocycles. The summed E-state index contributed by atoms with van der Waals surface area (Å²) < 4.78 is 0. The van der Waals surface area contributed by atoms with Crippen LogP contribution in [0.2, 0.25) is 0 Å². The summed E-state index contributed by atoms with van der Waals surface area (Å²) in [4.78, 5) is 15.1. The second-order valence-electron chi connectivity index (χ2n) is 5.36. The van der Waals surface area contributed by atoms with E-state index in [4.69, 9.17) is 5.11 Å². The molecule has 0 aliphatic heterocycles. The highest BCUT2D eigenvalue weighted by Gasteiger charge is 2.37. The predicted octanol–water partition coefficient (Wildman–Crippen LogP) is 3.07. The van der Waals surface area contributed by atoms with Crippen molar-refractivity contribution in [2.45, 2.75) is 57.4 Å². The van der Waals surface area contributed by atoms with Crippen molar-refractivity contribution in [1.82, 2.24) is 10.3 Å². The van der Waals surface area contributed by atoms with Crippen molar-refractivity contribution < 1.29 is 9.90 Å². The molecule has 0 spiro atoms. The average Bonchev–Trinajstić information content (AvgIpc) is 2.98. The molecule has 0 atom stereocenters. The number of carboxylic acids is 1. The Morgan fingerprint density at radius 3 is 2.79 bits per heavy atom. The van der Waals surface area contributed by atoms with Gasteiger partial charge in [0.15, 0.2) is 0 Å². The first-order valence-corrected chi connectivity index (χ1v) is 7.90. The summed E-state index contributed by atoms with van der Waals surface area (Å²) in [7, 11) is 0. The normalized spacial score (nSPS) is 17.7. The van der Waals surface area contributed by atoms with Crippen molar-refractivity contribution in [2.24, 2.45) is 0 Å². The van der Waals surface area contributed by atoms with Crippen LogP contribution in [0.15, 0.2) is 5.38 Å². The van der Waals surface area contributed by atoms with E-state index >= 15 is 0 Å². The zero-order valence-electron chi connectivity index (χ0n) is 11.4. The first kappa shape index (κ1) is 14.5. The molecule has 1 heterocycles. The molecule has 1 aromatic rings. The molecule has 4 nitrogen and oxygen atoms in total. The number of unbranched alkanes of at least 4 members (excludes halogenated alkanes) is 1. The second-order valence-corrected chi connectivity index (χ2v) is 6.22. The van der Waals surface area contributed by atoms with Gasteiger partial charge in [-0.15, -0.1) is 11.3 Å². The lowest BCUT2D eigenvalue weighted by Crippen LogP contribution is -2.40. The van der Waals surface area contributed by atoms with Crippen LogP contribution in [-0.4, -0.2) is 22.6 Å². The molecule has 1 aliphatic carbocycles. The Labute approximate surface area is 118 Å². The quantitative estimate of drug-likeness (QED) is 0.754. The molecule has 19 heavy (non-hydrogen) atoms. The minimum Gasteiger partial charge on any atom is -0.481 e. The molecule has 0 bridgehead atoms. The number of aryl methyl sites for hydroxylation is 1. The van der Waals surface area contributed by atoms with Gasteiger partial charge in [0.2, 0.25) is 0 Å². The highest BCUT2D eigenvalue weighted by atomic mass is 32.1. The molecule has 0 amide bonds. The first-order chi connectivity index (χ1) is 9.12. The molecule has 2 N–H and O–H groups in total. The van der Waals surface area contributed by atoms with Gasteiger partial charge in [-0.2, -0.15) is 0 Å². The molecule has 0 unspecified atom stereocenters. The Morgan fingerprint density at radius 2 is 2.21 bits per heavy atom. The van der Waals surface area contributed by atoms with Crippen LogP contribution in [0.25, 0.3) is 0 Å². The first-order valence-electron chi connectivity index (χ1n) is 7.02. The summed E-state index contributed by atoms with van der Waals surface area (Å²) >= 11 is 1.75. The van der Waals surface area contributed by atoms with E-state index in [0.29, 0.717) is 0 Å². The number of thiazole rings is 1. The monoisotopic (exact) mass is 282 g/mol. The number of carboxylic acid groups (broad SMARTS) is 1. The van der Waals surface area contributed by atoms with Gasteiger partial charge < -0.3 is 10.4 Å². The van der Waals surface area contributed by atoms with Crippen LogP contribution < -0.4 is 5.32 Å². The molecular formula is C14H22N2O2S. The maximum Gasteiger partial charge on any atom is 0.303 e.